The van der Waals surface area contributed by atoms with Crippen LogP contribution in [0.15, 0.2) is 41.4 Å². The first-order chi connectivity index (χ1) is 16.6. The van der Waals surface area contributed by atoms with E-state index in [4.69, 9.17) is 11.6 Å². The molecule has 0 spiro atoms. The molecule has 2 rings (SSSR count). The number of hydrogen-bond donors (Lipinski definition) is 2. The number of rotatable bonds is 10. The Hall–Kier alpha value is -2.75. The number of nitrogens with one attached hydrogen (secondary N) is 2. The van der Waals surface area contributed by atoms with Crippen molar-refractivity contribution in [2.24, 2.45) is 10.4 Å². The first kappa shape index (κ1) is 29.5. The molecule has 10 heteroatoms. The normalized spacial score (nSPS) is 12.4. The summed E-state index contributed by atoms with van der Waals surface area (Å²) in [6.45, 7) is 12.3. The summed E-state index contributed by atoms with van der Waals surface area (Å²) in [6.07, 6.45) is 1.13. The molecule has 0 atom stereocenters. The maximum absolute atomic E-state index is 13.2. The lowest BCUT2D eigenvalue weighted by atomic mass is 9.87. The summed E-state index contributed by atoms with van der Waals surface area (Å²) in [4.78, 5) is 33.0. The molecular weight excluding hydrogens is 500 g/mol. The number of Topliss-reactive ketones (excluding diaryl/α,β-unsaturated/α-hetero) is 1. The van der Waals surface area contributed by atoms with E-state index in [-0.39, 0.29) is 18.0 Å². The molecule has 0 aliphatic heterocycles. The third-order valence-electron chi connectivity index (χ3n) is 5.46. The van der Waals surface area contributed by atoms with E-state index in [0.29, 0.717) is 29.5 Å². The standard InChI is InChI=1S/C26H35ClN4O4S/c1-8-31(14-13-28-36(7,34)35)20-11-12-21(18(3)15-20)29-23(24(32)26(4,5)6)25(33)30-22-16-19(27)10-9-17(22)2/h9-12,15-16,28H,8,13-14H2,1-7H3,(H,30,33). The number of halogens is 1. The third-order valence-corrected chi connectivity index (χ3v) is 6.43. The maximum atomic E-state index is 13.2. The number of carbonyl (C=O) groups excluding carboxylic acids is 2. The Kier molecular flexibility index (Phi) is 9.82. The van der Waals surface area contributed by atoms with Gasteiger partial charge in [-0.3, -0.25) is 9.59 Å². The second kappa shape index (κ2) is 12.0. The highest BCUT2D eigenvalue weighted by Gasteiger charge is 2.31. The smallest absolute Gasteiger partial charge is 0.278 e. The lowest BCUT2D eigenvalue weighted by Gasteiger charge is -2.24. The predicted octanol–water partition coefficient (Wildman–Crippen LogP) is 4.66. The van der Waals surface area contributed by atoms with Crippen molar-refractivity contribution in [2.45, 2.75) is 41.5 Å². The molecule has 0 saturated heterocycles. The highest BCUT2D eigenvalue weighted by atomic mass is 35.5. The monoisotopic (exact) mass is 534 g/mol. The van der Waals surface area contributed by atoms with E-state index in [9.17, 15) is 18.0 Å². The first-order valence-corrected chi connectivity index (χ1v) is 13.9. The molecule has 0 saturated carbocycles. The molecule has 0 fully saturated rings. The molecule has 1 amide bonds. The van der Waals surface area contributed by atoms with Crippen molar-refractivity contribution in [1.29, 1.82) is 0 Å². The summed E-state index contributed by atoms with van der Waals surface area (Å²) < 4.78 is 25.2. The Morgan fingerprint density at radius 3 is 2.28 bits per heavy atom. The molecule has 36 heavy (non-hydrogen) atoms. The summed E-state index contributed by atoms with van der Waals surface area (Å²) in [5, 5.41) is 3.25. The highest BCUT2D eigenvalue weighted by Crippen LogP contribution is 2.27. The number of likely N-dealkylation sites (N-methyl/N-ethyl adjacent to an activating group) is 1. The van der Waals surface area contributed by atoms with Crippen LogP contribution in [0, 0.1) is 19.3 Å². The van der Waals surface area contributed by atoms with Crippen molar-refractivity contribution < 1.29 is 18.0 Å². The van der Waals surface area contributed by atoms with Crippen LogP contribution in [0.1, 0.15) is 38.8 Å². The van der Waals surface area contributed by atoms with Gasteiger partial charge in [0.1, 0.15) is 0 Å². The molecule has 0 unspecified atom stereocenters. The van der Waals surface area contributed by atoms with E-state index in [1.54, 1.807) is 45.0 Å². The van der Waals surface area contributed by atoms with E-state index in [1.807, 2.05) is 37.8 Å². The average Bonchev–Trinajstić information content (AvgIpc) is 2.76. The molecule has 8 nitrogen and oxygen atoms in total. The second-order valence-electron chi connectivity index (χ2n) is 9.67. The summed E-state index contributed by atoms with van der Waals surface area (Å²) in [5.41, 5.74) is 2.45. The van der Waals surface area contributed by atoms with Gasteiger partial charge in [-0.05, 0) is 62.2 Å². The van der Waals surface area contributed by atoms with E-state index >= 15 is 0 Å². The van der Waals surface area contributed by atoms with Gasteiger partial charge in [-0.15, -0.1) is 0 Å². The van der Waals surface area contributed by atoms with Gasteiger partial charge in [0, 0.05) is 41.4 Å². The SMILES string of the molecule is CCN(CCNS(C)(=O)=O)c1ccc(N=C(C(=O)Nc2cc(Cl)ccc2C)C(=O)C(C)(C)C)c(C)c1. The van der Waals surface area contributed by atoms with E-state index in [1.165, 1.54) is 0 Å². The van der Waals surface area contributed by atoms with E-state index < -0.39 is 21.3 Å². The van der Waals surface area contributed by atoms with Gasteiger partial charge in [0.25, 0.3) is 5.91 Å². The fourth-order valence-corrected chi connectivity index (χ4v) is 4.02. The van der Waals surface area contributed by atoms with E-state index in [0.717, 1.165) is 23.1 Å². The largest absolute Gasteiger partial charge is 0.370 e. The number of carbonyl (C=O) groups is 2. The third kappa shape index (κ3) is 8.43. The van der Waals surface area contributed by atoms with Gasteiger partial charge in [0.2, 0.25) is 10.0 Å². The minimum atomic E-state index is -3.27. The number of anilines is 2. The number of aryl methyl sites for hydroxylation is 2. The van der Waals surface area contributed by atoms with Crippen LogP contribution in [0.5, 0.6) is 0 Å². The molecular formula is C26H35ClN4O4S. The van der Waals surface area contributed by atoms with Crippen molar-refractivity contribution in [1.82, 2.24) is 4.72 Å². The quantitative estimate of drug-likeness (QED) is 0.340. The van der Waals surface area contributed by atoms with Crippen LogP contribution in [0.2, 0.25) is 5.02 Å². The second-order valence-corrected chi connectivity index (χ2v) is 11.9. The van der Waals surface area contributed by atoms with Crippen molar-refractivity contribution >= 4 is 56.1 Å². The number of hydrogen-bond acceptors (Lipinski definition) is 6. The van der Waals surface area contributed by atoms with Crippen molar-refractivity contribution in [3.63, 3.8) is 0 Å². The molecule has 196 valence electrons. The number of aliphatic imine (C=N–C) groups is 1. The van der Waals surface area contributed by atoms with Gasteiger partial charge < -0.3 is 10.2 Å². The lowest BCUT2D eigenvalue weighted by Crippen LogP contribution is -2.37. The van der Waals surface area contributed by atoms with Crippen molar-refractivity contribution in [3.8, 4) is 0 Å². The van der Waals surface area contributed by atoms with Crippen LogP contribution in [-0.4, -0.2) is 51.7 Å². The molecule has 0 aliphatic rings. The summed E-state index contributed by atoms with van der Waals surface area (Å²) in [5.74, 6) is -0.990. The number of benzene rings is 2. The Labute approximate surface area is 219 Å². The summed E-state index contributed by atoms with van der Waals surface area (Å²) in [6, 6.07) is 10.6. The van der Waals surface area contributed by atoms with Gasteiger partial charge in [0.05, 0.1) is 11.9 Å². The van der Waals surface area contributed by atoms with Crippen LogP contribution in [0.3, 0.4) is 0 Å². The Morgan fingerprint density at radius 2 is 1.72 bits per heavy atom. The van der Waals surface area contributed by atoms with Crippen molar-refractivity contribution in [2.75, 3.05) is 36.1 Å². The van der Waals surface area contributed by atoms with Gasteiger partial charge in [0.15, 0.2) is 11.5 Å². The molecule has 0 radical (unpaired) electrons. The van der Waals surface area contributed by atoms with Crippen LogP contribution < -0.4 is 14.9 Å². The Balaban J connectivity index is 2.40. The first-order valence-electron chi connectivity index (χ1n) is 11.6. The number of amides is 1. The zero-order valence-electron chi connectivity index (χ0n) is 21.9. The predicted molar refractivity (Wildman–Crippen MR) is 148 cm³/mol. The van der Waals surface area contributed by atoms with Crippen LogP contribution in [-0.2, 0) is 19.6 Å². The van der Waals surface area contributed by atoms with E-state index in [2.05, 4.69) is 15.0 Å². The van der Waals surface area contributed by atoms with Gasteiger partial charge >= 0.3 is 0 Å². The number of nitrogens with zero attached hydrogens (tertiary/aromatic N) is 2. The molecule has 2 N–H and O–H groups in total. The highest BCUT2D eigenvalue weighted by molar-refractivity contribution is 7.88. The zero-order chi connectivity index (χ0) is 27.3. The van der Waals surface area contributed by atoms with Crippen LogP contribution in [0.25, 0.3) is 0 Å². The Morgan fingerprint density at radius 1 is 1.06 bits per heavy atom. The van der Waals surface area contributed by atoms with Crippen LogP contribution >= 0.6 is 11.6 Å². The maximum Gasteiger partial charge on any atom is 0.278 e. The molecule has 2 aromatic carbocycles. The zero-order valence-corrected chi connectivity index (χ0v) is 23.5. The molecule has 0 aliphatic carbocycles. The molecule has 0 heterocycles. The molecule has 0 bridgehead atoms. The van der Waals surface area contributed by atoms with Crippen LogP contribution in [0.4, 0.5) is 17.1 Å². The average molecular weight is 535 g/mol. The summed E-state index contributed by atoms with van der Waals surface area (Å²) >= 11 is 6.09. The fourth-order valence-electron chi connectivity index (χ4n) is 3.39. The summed E-state index contributed by atoms with van der Waals surface area (Å²) in [7, 11) is -3.27. The minimum Gasteiger partial charge on any atom is -0.370 e. The van der Waals surface area contributed by atoms with Gasteiger partial charge in [-0.25, -0.2) is 18.1 Å². The van der Waals surface area contributed by atoms with Gasteiger partial charge in [-0.1, -0.05) is 38.4 Å². The minimum absolute atomic E-state index is 0.192. The number of ketones is 1. The Bertz CT molecular complexity index is 1270. The van der Waals surface area contributed by atoms with Gasteiger partial charge in [-0.2, -0.15) is 0 Å². The topological polar surface area (TPSA) is 108 Å². The van der Waals surface area contributed by atoms with Crippen molar-refractivity contribution in [3.05, 3.63) is 52.5 Å². The number of sulfonamides is 1. The molecule has 2 aromatic rings. The lowest BCUT2D eigenvalue weighted by molar-refractivity contribution is -0.121. The molecule has 0 aromatic heterocycles. The fraction of sp³-hybridized carbons (Fsp3) is 0.423.